The van der Waals surface area contributed by atoms with Crippen LogP contribution in [0, 0.1) is 0 Å². The zero-order valence-electron chi connectivity index (χ0n) is 21.0. The van der Waals surface area contributed by atoms with E-state index >= 15 is 0 Å². The molecule has 0 spiro atoms. The van der Waals surface area contributed by atoms with E-state index in [2.05, 4.69) is 60.5 Å². The number of aromatic amines is 1. The summed E-state index contributed by atoms with van der Waals surface area (Å²) >= 11 is 0. The van der Waals surface area contributed by atoms with Crippen molar-refractivity contribution in [1.82, 2.24) is 10.3 Å². The summed E-state index contributed by atoms with van der Waals surface area (Å²) in [5.74, 6) is 0.0184. The molecule has 0 unspecified atom stereocenters. The van der Waals surface area contributed by atoms with Crippen molar-refractivity contribution in [3.63, 3.8) is 0 Å². The number of aliphatic hydroxyl groups excluding tert-OH is 1. The number of aryl methyl sites for hydroxylation is 2. The molecule has 4 N–H and O–H groups in total. The molecule has 5 nitrogen and oxygen atoms in total. The second kappa shape index (κ2) is 9.92. The third kappa shape index (κ3) is 4.81. The fraction of sp³-hybridized carbons (Fsp3) is 0.323. The number of benzene rings is 3. The minimum Gasteiger partial charge on any atom is -0.508 e. The fourth-order valence-electron chi connectivity index (χ4n) is 5.85. The van der Waals surface area contributed by atoms with Crippen molar-refractivity contribution in [3.05, 3.63) is 110 Å². The molecular formula is C31H34N2O3. The summed E-state index contributed by atoms with van der Waals surface area (Å²) in [6, 6.07) is 21.5. The Kier molecular flexibility index (Phi) is 6.69. The van der Waals surface area contributed by atoms with Crippen LogP contribution in [0.4, 0.5) is 0 Å². The summed E-state index contributed by atoms with van der Waals surface area (Å²) in [5.41, 5.74) is 7.55. The Bertz CT molecular complexity index is 1410. The van der Waals surface area contributed by atoms with E-state index in [1.807, 2.05) is 6.07 Å². The first-order valence-corrected chi connectivity index (χ1v) is 12.9. The lowest BCUT2D eigenvalue weighted by molar-refractivity contribution is 0.157. The van der Waals surface area contributed by atoms with Gasteiger partial charge in [0.05, 0.1) is 11.6 Å². The number of aromatic nitrogens is 1. The quantitative estimate of drug-likeness (QED) is 0.292. The normalized spacial score (nSPS) is 15.2. The highest BCUT2D eigenvalue weighted by Gasteiger charge is 2.38. The van der Waals surface area contributed by atoms with Gasteiger partial charge in [-0.1, -0.05) is 56.3 Å². The molecule has 0 saturated heterocycles. The monoisotopic (exact) mass is 482 g/mol. The van der Waals surface area contributed by atoms with Crippen molar-refractivity contribution < 1.29 is 10.2 Å². The van der Waals surface area contributed by atoms with Crippen LogP contribution >= 0.6 is 0 Å². The standard InChI is InChI=1S/C31H34N2O3/c1-3-21-12-23-17-31(16-20-8-6-5-7-9-20,18-24(23)13-22(21)4-2)32-19-29(35)27-14-25(34)15-28-26(27)10-11-30(36)33-28/h5-15,29,32,34-35H,3-4,16-19H2,1-2H3,(H,33,36)/t29-/m0/s1. The fourth-order valence-corrected chi connectivity index (χ4v) is 5.85. The van der Waals surface area contributed by atoms with Gasteiger partial charge in [0, 0.05) is 29.6 Å². The van der Waals surface area contributed by atoms with E-state index < -0.39 is 6.10 Å². The number of β-amino-alcohol motifs (C(OH)–C–C–N with tert-alkyl or cyclic N) is 1. The van der Waals surface area contributed by atoms with E-state index in [0.717, 1.165) is 37.5 Å². The number of rotatable bonds is 8. The molecule has 1 heterocycles. The van der Waals surface area contributed by atoms with Gasteiger partial charge in [0.2, 0.25) is 5.56 Å². The SMILES string of the molecule is CCc1cc2c(cc1CC)CC(Cc1ccccc1)(NC[C@H](O)c1cc(O)cc3[nH]c(=O)ccc13)C2. The molecule has 3 aromatic carbocycles. The Balaban J connectivity index is 1.46. The van der Waals surface area contributed by atoms with Crippen molar-refractivity contribution in [1.29, 1.82) is 0 Å². The van der Waals surface area contributed by atoms with Crippen LogP contribution in [-0.2, 0) is 32.1 Å². The van der Waals surface area contributed by atoms with Gasteiger partial charge < -0.3 is 20.5 Å². The van der Waals surface area contributed by atoms with E-state index in [0.29, 0.717) is 17.6 Å². The molecule has 186 valence electrons. The van der Waals surface area contributed by atoms with E-state index in [1.165, 1.54) is 39.9 Å². The molecular weight excluding hydrogens is 448 g/mol. The second-order valence-corrected chi connectivity index (χ2v) is 10.1. The molecule has 36 heavy (non-hydrogen) atoms. The second-order valence-electron chi connectivity index (χ2n) is 10.1. The number of aliphatic hydroxyl groups is 1. The summed E-state index contributed by atoms with van der Waals surface area (Å²) < 4.78 is 0. The van der Waals surface area contributed by atoms with Crippen molar-refractivity contribution in [3.8, 4) is 5.75 Å². The topological polar surface area (TPSA) is 85.3 Å². The minimum absolute atomic E-state index is 0.0184. The van der Waals surface area contributed by atoms with E-state index in [4.69, 9.17) is 0 Å². The number of aromatic hydroxyl groups is 1. The number of phenolic OH excluding ortho intramolecular Hbond substituents is 1. The average Bonchev–Trinajstić information content (AvgIpc) is 3.23. The number of fused-ring (bicyclic) bond motifs is 2. The van der Waals surface area contributed by atoms with Crippen LogP contribution in [-0.4, -0.2) is 27.3 Å². The Hall–Kier alpha value is -3.41. The van der Waals surface area contributed by atoms with Gasteiger partial charge in [0.1, 0.15) is 5.75 Å². The number of pyridine rings is 1. The lowest BCUT2D eigenvalue weighted by atomic mass is 9.87. The van der Waals surface area contributed by atoms with Crippen LogP contribution in [0.2, 0.25) is 0 Å². The number of hydrogen-bond donors (Lipinski definition) is 4. The molecule has 5 heteroatoms. The molecule has 1 aliphatic carbocycles. The predicted octanol–water partition coefficient (Wildman–Crippen LogP) is 4.76. The Morgan fingerprint density at radius 1 is 0.944 bits per heavy atom. The van der Waals surface area contributed by atoms with Crippen molar-refractivity contribution in [2.45, 2.75) is 57.6 Å². The molecule has 0 amide bonds. The lowest BCUT2D eigenvalue weighted by Gasteiger charge is -2.32. The summed E-state index contributed by atoms with van der Waals surface area (Å²) in [5, 5.41) is 26.0. The van der Waals surface area contributed by atoms with Gasteiger partial charge in [-0.25, -0.2) is 0 Å². The molecule has 1 aromatic heterocycles. The third-order valence-corrected chi connectivity index (χ3v) is 7.61. The zero-order valence-corrected chi connectivity index (χ0v) is 21.0. The first-order chi connectivity index (χ1) is 17.4. The lowest BCUT2D eigenvalue weighted by Crippen LogP contribution is -2.49. The van der Waals surface area contributed by atoms with Gasteiger partial charge in [-0.05, 0) is 77.6 Å². The highest BCUT2D eigenvalue weighted by Crippen LogP contribution is 2.36. The van der Waals surface area contributed by atoms with Crippen LogP contribution in [0.15, 0.2) is 71.5 Å². The van der Waals surface area contributed by atoms with Crippen LogP contribution in [0.3, 0.4) is 0 Å². The summed E-state index contributed by atoms with van der Waals surface area (Å²) in [6.07, 6.45) is 3.86. The van der Waals surface area contributed by atoms with Gasteiger partial charge in [-0.15, -0.1) is 0 Å². The van der Waals surface area contributed by atoms with E-state index in [9.17, 15) is 15.0 Å². The molecule has 1 atom stereocenters. The molecule has 0 fully saturated rings. The maximum absolute atomic E-state index is 11.8. The number of hydrogen-bond acceptors (Lipinski definition) is 4. The number of phenols is 1. The van der Waals surface area contributed by atoms with Crippen molar-refractivity contribution >= 4 is 10.9 Å². The first-order valence-electron chi connectivity index (χ1n) is 12.9. The van der Waals surface area contributed by atoms with Gasteiger partial charge in [-0.3, -0.25) is 4.79 Å². The van der Waals surface area contributed by atoms with Gasteiger partial charge in [-0.2, -0.15) is 0 Å². The molecule has 5 rings (SSSR count). The van der Waals surface area contributed by atoms with Crippen molar-refractivity contribution in [2.75, 3.05) is 6.54 Å². The van der Waals surface area contributed by atoms with E-state index in [1.54, 1.807) is 12.1 Å². The number of H-pyrrole nitrogens is 1. The summed E-state index contributed by atoms with van der Waals surface area (Å²) in [7, 11) is 0. The minimum atomic E-state index is -0.848. The maximum Gasteiger partial charge on any atom is 0.248 e. The molecule has 0 saturated carbocycles. The third-order valence-electron chi connectivity index (χ3n) is 7.61. The molecule has 0 aliphatic heterocycles. The Morgan fingerprint density at radius 3 is 2.25 bits per heavy atom. The summed E-state index contributed by atoms with van der Waals surface area (Å²) in [4.78, 5) is 14.5. The van der Waals surface area contributed by atoms with Crippen LogP contribution < -0.4 is 10.9 Å². The predicted molar refractivity (Wildman–Crippen MR) is 145 cm³/mol. The molecule has 4 aromatic rings. The highest BCUT2D eigenvalue weighted by atomic mass is 16.3. The maximum atomic E-state index is 11.8. The molecule has 1 aliphatic rings. The Morgan fingerprint density at radius 2 is 1.61 bits per heavy atom. The smallest absolute Gasteiger partial charge is 0.248 e. The number of nitrogens with one attached hydrogen (secondary N) is 2. The van der Waals surface area contributed by atoms with Crippen LogP contribution in [0.1, 0.15) is 53.3 Å². The van der Waals surface area contributed by atoms with Gasteiger partial charge in [0.15, 0.2) is 0 Å². The highest BCUT2D eigenvalue weighted by molar-refractivity contribution is 5.84. The average molecular weight is 483 g/mol. The first kappa shape index (κ1) is 24.3. The van der Waals surface area contributed by atoms with Crippen LogP contribution in [0.5, 0.6) is 5.75 Å². The van der Waals surface area contributed by atoms with Crippen molar-refractivity contribution in [2.24, 2.45) is 0 Å². The Labute approximate surface area is 211 Å². The summed E-state index contributed by atoms with van der Waals surface area (Å²) in [6.45, 7) is 4.77. The van der Waals surface area contributed by atoms with E-state index in [-0.39, 0.29) is 16.8 Å². The molecule has 0 bridgehead atoms. The van der Waals surface area contributed by atoms with Gasteiger partial charge >= 0.3 is 0 Å². The van der Waals surface area contributed by atoms with Gasteiger partial charge in [0.25, 0.3) is 0 Å². The van der Waals surface area contributed by atoms with Crippen LogP contribution in [0.25, 0.3) is 10.9 Å². The zero-order chi connectivity index (χ0) is 25.3. The largest absolute Gasteiger partial charge is 0.508 e. The molecule has 0 radical (unpaired) electrons.